The van der Waals surface area contributed by atoms with Gasteiger partial charge in [-0.25, -0.2) is 4.98 Å². The first kappa shape index (κ1) is 12.9. The van der Waals surface area contributed by atoms with Gasteiger partial charge in [0.05, 0.1) is 5.69 Å². The van der Waals surface area contributed by atoms with E-state index in [1.54, 1.807) is 17.1 Å². The Morgan fingerprint density at radius 1 is 1.20 bits per heavy atom. The Kier molecular flexibility index (Phi) is 2.86. The van der Waals surface area contributed by atoms with Crippen LogP contribution in [0.5, 0.6) is 0 Å². The van der Waals surface area contributed by atoms with Gasteiger partial charge in [-0.3, -0.25) is 4.79 Å². The maximum Gasteiger partial charge on any atom is 0.449 e. The van der Waals surface area contributed by atoms with Gasteiger partial charge in [0, 0.05) is 16.3 Å². The van der Waals surface area contributed by atoms with E-state index in [0.717, 1.165) is 16.2 Å². The monoisotopic (exact) mass is 296 g/mol. The van der Waals surface area contributed by atoms with Crippen molar-refractivity contribution >= 4 is 21.4 Å². The van der Waals surface area contributed by atoms with Crippen LogP contribution in [0.1, 0.15) is 5.82 Å². The van der Waals surface area contributed by atoms with Gasteiger partial charge in [0.15, 0.2) is 0 Å². The molecule has 7 heteroatoms. The van der Waals surface area contributed by atoms with Crippen LogP contribution in [0.25, 0.3) is 21.3 Å². The molecule has 0 unspecified atom stereocenters. The molecule has 3 aromatic rings. The number of rotatable bonds is 1. The molecule has 0 bridgehead atoms. The number of nitrogens with zero attached hydrogens (tertiary/aromatic N) is 1. The number of hydrogen-bond acceptors (Lipinski definition) is 3. The molecule has 102 valence electrons. The summed E-state index contributed by atoms with van der Waals surface area (Å²) in [6.07, 6.45) is -4.68. The van der Waals surface area contributed by atoms with Crippen molar-refractivity contribution in [3.8, 4) is 11.3 Å². The minimum absolute atomic E-state index is 0.0223. The van der Waals surface area contributed by atoms with Gasteiger partial charge in [-0.1, -0.05) is 18.2 Å². The van der Waals surface area contributed by atoms with Gasteiger partial charge in [-0.2, -0.15) is 13.2 Å². The number of H-pyrrole nitrogens is 1. The summed E-state index contributed by atoms with van der Waals surface area (Å²) in [6.45, 7) is 0. The minimum Gasteiger partial charge on any atom is -0.303 e. The highest BCUT2D eigenvalue weighted by Crippen LogP contribution is 2.32. The molecule has 0 aliphatic rings. The van der Waals surface area contributed by atoms with Crippen molar-refractivity contribution in [2.24, 2.45) is 0 Å². The molecule has 0 saturated heterocycles. The van der Waals surface area contributed by atoms with Crippen LogP contribution in [0, 0.1) is 0 Å². The Morgan fingerprint density at radius 2 is 2.00 bits per heavy atom. The molecule has 2 heterocycles. The number of fused-ring (bicyclic) bond motifs is 1. The first-order valence-electron chi connectivity index (χ1n) is 5.60. The summed E-state index contributed by atoms with van der Waals surface area (Å²) in [5.41, 5.74) is -0.279. The standard InChI is InChI=1S/C13H7F3N2OS/c14-13(15,16)12-17-9(6-10(19)18-12)8-3-1-2-7-4-5-20-11(7)8/h1-6H,(H,17,18,19). The zero-order valence-electron chi connectivity index (χ0n) is 9.86. The second-order valence-electron chi connectivity index (χ2n) is 4.12. The molecule has 0 radical (unpaired) electrons. The van der Waals surface area contributed by atoms with Crippen molar-refractivity contribution in [3.63, 3.8) is 0 Å². The molecule has 3 nitrogen and oxygen atoms in total. The van der Waals surface area contributed by atoms with Crippen molar-refractivity contribution in [2.75, 3.05) is 0 Å². The second kappa shape index (κ2) is 4.45. The Bertz CT molecular complexity index is 835. The van der Waals surface area contributed by atoms with Gasteiger partial charge in [-0.15, -0.1) is 11.3 Å². The summed E-state index contributed by atoms with van der Waals surface area (Å²) in [7, 11) is 0. The average molecular weight is 296 g/mol. The summed E-state index contributed by atoms with van der Waals surface area (Å²) in [5, 5.41) is 2.74. The van der Waals surface area contributed by atoms with E-state index in [1.165, 1.54) is 11.3 Å². The summed E-state index contributed by atoms with van der Waals surface area (Å²) < 4.78 is 38.9. The van der Waals surface area contributed by atoms with Crippen molar-refractivity contribution in [2.45, 2.75) is 6.18 Å². The maximum atomic E-state index is 12.7. The minimum atomic E-state index is -4.68. The highest BCUT2D eigenvalue weighted by Gasteiger charge is 2.34. The molecule has 20 heavy (non-hydrogen) atoms. The van der Waals surface area contributed by atoms with Crippen LogP contribution in [0.15, 0.2) is 40.5 Å². The molecule has 0 fully saturated rings. The van der Waals surface area contributed by atoms with E-state index >= 15 is 0 Å². The van der Waals surface area contributed by atoms with Crippen molar-refractivity contribution < 1.29 is 13.2 Å². The number of aromatic amines is 1. The first-order valence-corrected chi connectivity index (χ1v) is 6.48. The van der Waals surface area contributed by atoms with Crippen LogP contribution in [-0.2, 0) is 6.18 Å². The smallest absolute Gasteiger partial charge is 0.303 e. The van der Waals surface area contributed by atoms with E-state index in [2.05, 4.69) is 4.98 Å². The Labute approximate surface area is 114 Å². The first-order chi connectivity index (χ1) is 9.45. The molecule has 0 amide bonds. The Morgan fingerprint density at radius 3 is 2.75 bits per heavy atom. The lowest BCUT2D eigenvalue weighted by Crippen LogP contribution is -2.18. The molecular formula is C13H7F3N2OS. The predicted octanol–water partition coefficient (Wildman–Crippen LogP) is 3.67. The molecule has 2 aromatic heterocycles. The molecule has 0 aliphatic carbocycles. The lowest BCUT2D eigenvalue weighted by Gasteiger charge is -2.08. The maximum absolute atomic E-state index is 12.7. The van der Waals surface area contributed by atoms with Gasteiger partial charge in [0.1, 0.15) is 0 Å². The fourth-order valence-corrected chi connectivity index (χ4v) is 2.85. The molecule has 0 aliphatic heterocycles. The van der Waals surface area contributed by atoms with Crippen molar-refractivity contribution in [3.05, 3.63) is 51.9 Å². The third-order valence-electron chi connectivity index (χ3n) is 2.77. The van der Waals surface area contributed by atoms with E-state index < -0.39 is 17.6 Å². The number of benzene rings is 1. The van der Waals surface area contributed by atoms with Crippen LogP contribution in [-0.4, -0.2) is 9.97 Å². The van der Waals surface area contributed by atoms with E-state index in [4.69, 9.17) is 0 Å². The van der Waals surface area contributed by atoms with Gasteiger partial charge in [-0.05, 0) is 16.8 Å². The number of nitrogens with one attached hydrogen (secondary N) is 1. The molecular weight excluding hydrogens is 289 g/mol. The largest absolute Gasteiger partial charge is 0.449 e. The van der Waals surface area contributed by atoms with E-state index in [9.17, 15) is 18.0 Å². The highest BCUT2D eigenvalue weighted by atomic mass is 32.1. The molecule has 0 spiro atoms. The molecule has 0 atom stereocenters. The third kappa shape index (κ3) is 2.20. The van der Waals surface area contributed by atoms with E-state index in [1.807, 2.05) is 17.5 Å². The molecule has 0 saturated carbocycles. The zero-order chi connectivity index (χ0) is 14.3. The van der Waals surface area contributed by atoms with E-state index in [-0.39, 0.29) is 5.69 Å². The number of hydrogen-bond donors (Lipinski definition) is 1. The third-order valence-corrected chi connectivity index (χ3v) is 3.73. The van der Waals surface area contributed by atoms with Crippen LogP contribution in [0.3, 0.4) is 0 Å². The highest BCUT2D eigenvalue weighted by molar-refractivity contribution is 7.17. The van der Waals surface area contributed by atoms with Crippen LogP contribution in [0.4, 0.5) is 13.2 Å². The normalized spacial score (nSPS) is 11.9. The van der Waals surface area contributed by atoms with E-state index in [0.29, 0.717) is 5.56 Å². The lowest BCUT2D eigenvalue weighted by atomic mass is 10.1. The number of aromatic nitrogens is 2. The van der Waals surface area contributed by atoms with Gasteiger partial charge in [0.2, 0.25) is 5.82 Å². The van der Waals surface area contributed by atoms with Crippen molar-refractivity contribution in [1.82, 2.24) is 9.97 Å². The van der Waals surface area contributed by atoms with Crippen molar-refractivity contribution in [1.29, 1.82) is 0 Å². The van der Waals surface area contributed by atoms with Crippen LogP contribution in [0.2, 0.25) is 0 Å². The Hall–Kier alpha value is -2.15. The SMILES string of the molecule is O=c1cc(-c2cccc3ccsc23)nc(C(F)(F)F)[nH]1. The van der Waals surface area contributed by atoms with Gasteiger partial charge in [0.25, 0.3) is 5.56 Å². The summed E-state index contributed by atoms with van der Waals surface area (Å²) in [4.78, 5) is 16.7. The Balaban J connectivity index is 2.27. The average Bonchev–Trinajstić information content (AvgIpc) is 2.84. The van der Waals surface area contributed by atoms with Crippen LogP contribution >= 0.6 is 11.3 Å². The quantitative estimate of drug-likeness (QED) is 0.744. The topological polar surface area (TPSA) is 45.8 Å². The van der Waals surface area contributed by atoms with Crippen LogP contribution < -0.4 is 5.56 Å². The number of thiophene rings is 1. The predicted molar refractivity (Wildman–Crippen MR) is 70.7 cm³/mol. The molecule has 1 aromatic carbocycles. The van der Waals surface area contributed by atoms with Gasteiger partial charge >= 0.3 is 6.18 Å². The summed E-state index contributed by atoms with van der Waals surface area (Å²) >= 11 is 1.39. The molecule has 3 rings (SSSR count). The zero-order valence-corrected chi connectivity index (χ0v) is 10.7. The molecule has 1 N–H and O–H groups in total. The second-order valence-corrected chi connectivity index (χ2v) is 5.04. The van der Waals surface area contributed by atoms with Gasteiger partial charge < -0.3 is 4.98 Å². The summed E-state index contributed by atoms with van der Waals surface area (Å²) in [6, 6.07) is 8.17. The summed E-state index contributed by atoms with van der Waals surface area (Å²) in [5.74, 6) is -1.28. The number of halogens is 3. The fraction of sp³-hybridized carbons (Fsp3) is 0.0769. The fourth-order valence-electron chi connectivity index (χ4n) is 1.92. The lowest BCUT2D eigenvalue weighted by molar-refractivity contribution is -0.145. The number of alkyl halides is 3.